The summed E-state index contributed by atoms with van der Waals surface area (Å²) < 4.78 is 0. The van der Waals surface area contributed by atoms with E-state index in [2.05, 4.69) is 29.2 Å². The number of para-hydroxylation sites is 1. The number of rotatable bonds is 3. The van der Waals surface area contributed by atoms with E-state index in [-0.39, 0.29) is 0 Å². The van der Waals surface area contributed by atoms with Gasteiger partial charge in [-0.25, -0.2) is 0 Å². The Balaban J connectivity index is 1.76. The Labute approximate surface area is 97.4 Å². The highest BCUT2D eigenvalue weighted by Gasteiger charge is 2.25. The van der Waals surface area contributed by atoms with Crippen molar-refractivity contribution in [3.63, 3.8) is 0 Å². The number of hydrogen-bond acceptors (Lipinski definition) is 2. The van der Waals surface area contributed by atoms with Crippen molar-refractivity contribution in [2.75, 3.05) is 18.0 Å². The minimum atomic E-state index is 0.314. The maximum atomic E-state index is 6.12. The molecule has 1 unspecified atom stereocenters. The van der Waals surface area contributed by atoms with E-state index in [1.165, 1.54) is 37.1 Å². The molecule has 1 aromatic carbocycles. The number of fused-ring (bicyclic) bond motifs is 1. The molecule has 1 fully saturated rings. The first-order valence-corrected chi connectivity index (χ1v) is 6.41. The lowest BCUT2D eigenvalue weighted by Crippen LogP contribution is -2.43. The van der Waals surface area contributed by atoms with Gasteiger partial charge in [0.1, 0.15) is 0 Å². The molecule has 2 N–H and O–H groups in total. The molecular formula is C14H20N2. The summed E-state index contributed by atoms with van der Waals surface area (Å²) in [6, 6.07) is 9.04. The van der Waals surface area contributed by atoms with Gasteiger partial charge in [-0.15, -0.1) is 0 Å². The van der Waals surface area contributed by atoms with E-state index in [9.17, 15) is 0 Å². The smallest absolute Gasteiger partial charge is 0.0399 e. The van der Waals surface area contributed by atoms with Gasteiger partial charge in [-0.1, -0.05) is 31.0 Å². The topological polar surface area (TPSA) is 29.3 Å². The number of benzene rings is 1. The van der Waals surface area contributed by atoms with Crippen LogP contribution in [0.3, 0.4) is 0 Å². The van der Waals surface area contributed by atoms with Gasteiger partial charge in [0.05, 0.1) is 0 Å². The van der Waals surface area contributed by atoms with Gasteiger partial charge in [0, 0.05) is 24.8 Å². The van der Waals surface area contributed by atoms with Gasteiger partial charge in [-0.05, 0) is 30.4 Å². The van der Waals surface area contributed by atoms with Crippen LogP contribution < -0.4 is 10.6 Å². The monoisotopic (exact) mass is 216 g/mol. The van der Waals surface area contributed by atoms with Crippen molar-refractivity contribution in [2.24, 2.45) is 11.7 Å². The van der Waals surface area contributed by atoms with E-state index >= 15 is 0 Å². The summed E-state index contributed by atoms with van der Waals surface area (Å²) in [6.45, 7) is 2.22. The second kappa shape index (κ2) is 4.10. The normalized spacial score (nSPS) is 24.3. The molecule has 2 aliphatic rings. The molecule has 0 saturated heterocycles. The highest BCUT2D eigenvalue weighted by atomic mass is 15.2. The molecule has 16 heavy (non-hydrogen) atoms. The zero-order valence-corrected chi connectivity index (χ0v) is 9.73. The summed E-state index contributed by atoms with van der Waals surface area (Å²) in [5.74, 6) is 1.00. The molecule has 1 aliphatic carbocycles. The van der Waals surface area contributed by atoms with E-state index < -0.39 is 0 Å². The molecule has 1 aromatic rings. The Morgan fingerprint density at radius 2 is 2.06 bits per heavy atom. The van der Waals surface area contributed by atoms with Crippen LogP contribution in [-0.4, -0.2) is 19.1 Å². The Morgan fingerprint density at radius 1 is 1.25 bits per heavy atom. The van der Waals surface area contributed by atoms with Gasteiger partial charge in [-0.2, -0.15) is 0 Å². The summed E-state index contributed by atoms with van der Waals surface area (Å²) in [6.07, 6.45) is 5.28. The fourth-order valence-corrected chi connectivity index (χ4v) is 2.68. The molecule has 0 spiro atoms. The van der Waals surface area contributed by atoms with Crippen molar-refractivity contribution in [3.05, 3.63) is 29.8 Å². The minimum absolute atomic E-state index is 0.314. The van der Waals surface area contributed by atoms with Crippen LogP contribution in [0.25, 0.3) is 0 Å². The van der Waals surface area contributed by atoms with Crippen molar-refractivity contribution in [1.29, 1.82) is 0 Å². The molecule has 2 nitrogen and oxygen atoms in total. The maximum Gasteiger partial charge on any atom is 0.0399 e. The molecule has 0 amide bonds. The van der Waals surface area contributed by atoms with Gasteiger partial charge in [0.25, 0.3) is 0 Å². The highest BCUT2D eigenvalue weighted by molar-refractivity contribution is 5.56. The predicted octanol–water partition coefficient (Wildman–Crippen LogP) is 2.18. The molecule has 1 aliphatic heterocycles. The first kappa shape index (κ1) is 10.2. The third-order valence-electron chi connectivity index (χ3n) is 3.77. The standard InChI is InChI=1S/C14H20N2/c15-13-9-12-3-1-2-4-14(12)16(10-13)8-7-11-5-6-11/h1-4,11,13H,5-10,15H2. The number of anilines is 1. The van der Waals surface area contributed by atoms with Crippen LogP contribution in [0, 0.1) is 5.92 Å². The van der Waals surface area contributed by atoms with Crippen LogP contribution in [0.15, 0.2) is 24.3 Å². The number of nitrogens with two attached hydrogens (primary N) is 1. The zero-order valence-electron chi connectivity index (χ0n) is 9.73. The second-order valence-corrected chi connectivity index (χ2v) is 5.27. The van der Waals surface area contributed by atoms with Gasteiger partial charge >= 0.3 is 0 Å². The Morgan fingerprint density at radius 3 is 2.88 bits per heavy atom. The van der Waals surface area contributed by atoms with Crippen LogP contribution in [0.2, 0.25) is 0 Å². The van der Waals surface area contributed by atoms with Crippen LogP contribution in [0.5, 0.6) is 0 Å². The average Bonchev–Trinajstić information content (AvgIpc) is 3.09. The summed E-state index contributed by atoms with van der Waals surface area (Å²) >= 11 is 0. The molecular weight excluding hydrogens is 196 g/mol. The Bertz CT molecular complexity index is 371. The molecule has 1 saturated carbocycles. The fraction of sp³-hybridized carbons (Fsp3) is 0.571. The van der Waals surface area contributed by atoms with E-state index in [1.54, 1.807) is 0 Å². The van der Waals surface area contributed by atoms with Crippen molar-refractivity contribution in [2.45, 2.75) is 31.7 Å². The van der Waals surface area contributed by atoms with Crippen molar-refractivity contribution in [1.82, 2.24) is 0 Å². The minimum Gasteiger partial charge on any atom is -0.370 e. The lowest BCUT2D eigenvalue weighted by Gasteiger charge is -2.34. The van der Waals surface area contributed by atoms with Gasteiger partial charge < -0.3 is 10.6 Å². The summed E-state index contributed by atoms with van der Waals surface area (Å²) in [7, 11) is 0. The highest BCUT2D eigenvalue weighted by Crippen LogP contribution is 2.34. The quantitative estimate of drug-likeness (QED) is 0.839. The van der Waals surface area contributed by atoms with E-state index in [0.29, 0.717) is 6.04 Å². The van der Waals surface area contributed by atoms with E-state index in [4.69, 9.17) is 5.73 Å². The summed E-state index contributed by atoms with van der Waals surface area (Å²) in [4.78, 5) is 2.49. The van der Waals surface area contributed by atoms with E-state index in [1.807, 2.05) is 0 Å². The number of hydrogen-bond donors (Lipinski definition) is 1. The van der Waals surface area contributed by atoms with Crippen molar-refractivity contribution < 1.29 is 0 Å². The van der Waals surface area contributed by atoms with Crippen LogP contribution in [-0.2, 0) is 6.42 Å². The van der Waals surface area contributed by atoms with Gasteiger partial charge in [0.2, 0.25) is 0 Å². The van der Waals surface area contributed by atoms with Gasteiger partial charge in [-0.3, -0.25) is 0 Å². The van der Waals surface area contributed by atoms with Crippen LogP contribution in [0.4, 0.5) is 5.69 Å². The third-order valence-corrected chi connectivity index (χ3v) is 3.77. The first-order valence-electron chi connectivity index (χ1n) is 6.41. The Kier molecular flexibility index (Phi) is 2.60. The molecule has 2 heteroatoms. The first-order chi connectivity index (χ1) is 7.83. The molecule has 0 bridgehead atoms. The maximum absolute atomic E-state index is 6.12. The molecule has 0 aromatic heterocycles. The molecule has 0 radical (unpaired) electrons. The predicted molar refractivity (Wildman–Crippen MR) is 67.7 cm³/mol. The lowest BCUT2D eigenvalue weighted by molar-refractivity contribution is 0.577. The second-order valence-electron chi connectivity index (χ2n) is 5.27. The van der Waals surface area contributed by atoms with E-state index in [0.717, 1.165) is 18.9 Å². The van der Waals surface area contributed by atoms with Crippen LogP contribution >= 0.6 is 0 Å². The number of nitrogens with zero attached hydrogens (tertiary/aromatic N) is 1. The van der Waals surface area contributed by atoms with Crippen molar-refractivity contribution in [3.8, 4) is 0 Å². The third kappa shape index (κ3) is 2.07. The largest absolute Gasteiger partial charge is 0.370 e. The zero-order chi connectivity index (χ0) is 11.0. The molecule has 3 rings (SSSR count). The van der Waals surface area contributed by atoms with Crippen molar-refractivity contribution >= 4 is 5.69 Å². The lowest BCUT2D eigenvalue weighted by atomic mass is 9.98. The average molecular weight is 216 g/mol. The SMILES string of the molecule is NC1Cc2ccccc2N(CCC2CC2)C1. The summed E-state index contributed by atoms with van der Waals surface area (Å²) in [5.41, 5.74) is 8.97. The Hall–Kier alpha value is -1.02. The molecule has 1 heterocycles. The van der Waals surface area contributed by atoms with Crippen LogP contribution in [0.1, 0.15) is 24.8 Å². The fourth-order valence-electron chi connectivity index (χ4n) is 2.68. The summed E-state index contributed by atoms with van der Waals surface area (Å²) in [5, 5.41) is 0. The molecule has 86 valence electrons. The molecule has 1 atom stereocenters. The van der Waals surface area contributed by atoms with Gasteiger partial charge in [0.15, 0.2) is 0 Å².